The number of hydrogen-bond donors (Lipinski definition) is 1. The van der Waals surface area contributed by atoms with Crippen LogP contribution in [-0.4, -0.2) is 6.54 Å². The zero-order valence-corrected chi connectivity index (χ0v) is 10.7. The third kappa shape index (κ3) is 3.01. The van der Waals surface area contributed by atoms with Gasteiger partial charge in [0, 0.05) is 5.56 Å². The zero-order valence-electron chi connectivity index (χ0n) is 10.7. The lowest BCUT2D eigenvalue weighted by molar-refractivity contribution is -0.140. The van der Waals surface area contributed by atoms with E-state index in [4.69, 9.17) is 4.42 Å². The Balaban J connectivity index is 2.45. The first kappa shape index (κ1) is 14.6. The lowest BCUT2D eigenvalue weighted by Crippen LogP contribution is -2.22. The van der Waals surface area contributed by atoms with Crippen molar-refractivity contribution in [1.29, 1.82) is 0 Å². The molecule has 2 rings (SSSR count). The van der Waals surface area contributed by atoms with Crippen LogP contribution in [0.2, 0.25) is 0 Å². The number of nitrogens with one attached hydrogen (secondary N) is 1. The van der Waals surface area contributed by atoms with Gasteiger partial charge in [0.1, 0.15) is 5.82 Å². The number of halogens is 4. The quantitative estimate of drug-likeness (QED) is 0.855. The van der Waals surface area contributed by atoms with E-state index in [-0.39, 0.29) is 0 Å². The molecule has 2 nitrogen and oxygen atoms in total. The Morgan fingerprint density at radius 2 is 1.95 bits per heavy atom. The maximum Gasteiger partial charge on any atom is 0.419 e. The zero-order chi connectivity index (χ0) is 14.8. The molecular formula is C14H13F4NO. The molecule has 1 heterocycles. The predicted octanol–water partition coefficient (Wildman–Crippen LogP) is 4.14. The monoisotopic (exact) mass is 287 g/mol. The van der Waals surface area contributed by atoms with E-state index >= 15 is 0 Å². The number of benzene rings is 1. The summed E-state index contributed by atoms with van der Waals surface area (Å²) < 4.78 is 56.5. The molecule has 0 fully saturated rings. The Labute approximate surface area is 113 Å². The van der Waals surface area contributed by atoms with Crippen molar-refractivity contribution in [1.82, 2.24) is 5.32 Å². The first-order valence-corrected chi connectivity index (χ1v) is 6.05. The van der Waals surface area contributed by atoms with E-state index in [2.05, 4.69) is 5.32 Å². The predicted molar refractivity (Wildman–Crippen MR) is 65.6 cm³/mol. The van der Waals surface area contributed by atoms with Gasteiger partial charge in [0.2, 0.25) is 0 Å². The van der Waals surface area contributed by atoms with Gasteiger partial charge in [-0.1, -0.05) is 13.0 Å². The molecule has 0 radical (unpaired) electrons. The van der Waals surface area contributed by atoms with Crippen LogP contribution >= 0.6 is 0 Å². The highest BCUT2D eigenvalue weighted by atomic mass is 19.4. The fourth-order valence-corrected chi connectivity index (χ4v) is 2.01. The molecule has 0 aliphatic heterocycles. The first-order valence-electron chi connectivity index (χ1n) is 6.05. The van der Waals surface area contributed by atoms with Gasteiger partial charge < -0.3 is 9.73 Å². The van der Waals surface area contributed by atoms with E-state index in [1.807, 2.05) is 6.92 Å². The van der Waals surface area contributed by atoms with E-state index in [1.165, 1.54) is 18.6 Å². The number of hydrogen-bond acceptors (Lipinski definition) is 2. The van der Waals surface area contributed by atoms with Crippen molar-refractivity contribution in [3.05, 3.63) is 59.3 Å². The van der Waals surface area contributed by atoms with Crippen molar-refractivity contribution in [3.63, 3.8) is 0 Å². The third-order valence-electron chi connectivity index (χ3n) is 2.91. The van der Waals surface area contributed by atoms with Crippen LogP contribution in [0, 0.1) is 5.82 Å². The van der Waals surface area contributed by atoms with Crippen molar-refractivity contribution in [2.45, 2.75) is 19.1 Å². The van der Waals surface area contributed by atoms with Crippen LogP contribution in [0.5, 0.6) is 0 Å². The highest BCUT2D eigenvalue weighted by molar-refractivity contribution is 5.34. The highest BCUT2D eigenvalue weighted by Gasteiger charge is 2.34. The lowest BCUT2D eigenvalue weighted by Gasteiger charge is -2.18. The molecule has 1 N–H and O–H groups in total. The maximum atomic E-state index is 13.3. The molecule has 0 bridgehead atoms. The van der Waals surface area contributed by atoms with Gasteiger partial charge in [-0.25, -0.2) is 4.39 Å². The third-order valence-corrected chi connectivity index (χ3v) is 2.91. The average Bonchev–Trinajstić information content (AvgIpc) is 2.89. The summed E-state index contributed by atoms with van der Waals surface area (Å²) in [7, 11) is 0. The largest absolute Gasteiger partial charge is 0.472 e. The maximum absolute atomic E-state index is 13.3. The number of furan rings is 1. The lowest BCUT2D eigenvalue weighted by atomic mass is 9.98. The molecule has 0 aliphatic rings. The summed E-state index contributed by atoms with van der Waals surface area (Å²) in [6.07, 6.45) is -1.83. The first-order chi connectivity index (χ1) is 9.43. The summed E-state index contributed by atoms with van der Waals surface area (Å²) in [6.45, 7) is 2.38. The van der Waals surface area contributed by atoms with E-state index in [9.17, 15) is 17.6 Å². The van der Waals surface area contributed by atoms with Crippen LogP contribution in [0.15, 0.2) is 41.2 Å². The summed E-state index contributed by atoms with van der Waals surface area (Å²) in [5, 5.41) is 3.05. The van der Waals surface area contributed by atoms with Gasteiger partial charge in [-0.15, -0.1) is 0 Å². The minimum atomic E-state index is -4.72. The standard InChI is InChI=1S/C14H13F4NO/c1-2-19-13(10-5-6-20-8-10)9-3-4-12(15)11(7-9)14(16,17)18/h3-8,13,19H,2H2,1H3. The highest BCUT2D eigenvalue weighted by Crippen LogP contribution is 2.34. The van der Waals surface area contributed by atoms with Crippen molar-refractivity contribution in [2.75, 3.05) is 6.54 Å². The summed E-state index contributed by atoms with van der Waals surface area (Å²) >= 11 is 0. The van der Waals surface area contributed by atoms with Crippen LogP contribution in [-0.2, 0) is 6.18 Å². The van der Waals surface area contributed by atoms with Crippen LogP contribution < -0.4 is 5.32 Å². The van der Waals surface area contributed by atoms with E-state index in [0.717, 1.165) is 12.1 Å². The molecule has 0 spiro atoms. The van der Waals surface area contributed by atoms with Gasteiger partial charge in [-0.2, -0.15) is 13.2 Å². The van der Waals surface area contributed by atoms with E-state index < -0.39 is 23.6 Å². The van der Waals surface area contributed by atoms with Crippen LogP contribution in [0.1, 0.15) is 29.7 Å². The molecule has 2 aromatic rings. The molecular weight excluding hydrogens is 274 g/mol. The average molecular weight is 287 g/mol. The Morgan fingerprint density at radius 1 is 1.20 bits per heavy atom. The minimum absolute atomic E-state index is 0.335. The molecule has 1 aromatic carbocycles. The van der Waals surface area contributed by atoms with Crippen molar-refractivity contribution in [3.8, 4) is 0 Å². The van der Waals surface area contributed by atoms with Gasteiger partial charge >= 0.3 is 6.18 Å². The Hall–Kier alpha value is -1.82. The SMILES string of the molecule is CCNC(c1ccoc1)c1ccc(F)c(C(F)(F)F)c1. The van der Waals surface area contributed by atoms with E-state index in [0.29, 0.717) is 17.7 Å². The van der Waals surface area contributed by atoms with Gasteiger partial charge in [-0.3, -0.25) is 0 Å². The second-order valence-electron chi connectivity index (χ2n) is 4.28. The fraction of sp³-hybridized carbons (Fsp3) is 0.286. The second-order valence-corrected chi connectivity index (χ2v) is 4.28. The Bertz CT molecular complexity index is 563. The van der Waals surface area contributed by atoms with Gasteiger partial charge in [0.25, 0.3) is 0 Å². The summed E-state index contributed by atoms with van der Waals surface area (Å²) in [4.78, 5) is 0. The Morgan fingerprint density at radius 3 is 2.50 bits per heavy atom. The molecule has 1 aromatic heterocycles. The summed E-state index contributed by atoms with van der Waals surface area (Å²) in [6, 6.07) is 4.19. The van der Waals surface area contributed by atoms with Crippen LogP contribution in [0.25, 0.3) is 0 Å². The van der Waals surface area contributed by atoms with Crippen LogP contribution in [0.3, 0.4) is 0 Å². The van der Waals surface area contributed by atoms with Crippen molar-refractivity contribution < 1.29 is 22.0 Å². The molecule has 108 valence electrons. The Kier molecular flexibility index (Phi) is 4.13. The molecule has 0 aliphatic carbocycles. The molecule has 1 atom stereocenters. The van der Waals surface area contributed by atoms with Gasteiger partial charge in [0.05, 0.1) is 24.1 Å². The van der Waals surface area contributed by atoms with Gasteiger partial charge in [0.15, 0.2) is 0 Å². The molecule has 0 saturated carbocycles. The topological polar surface area (TPSA) is 25.2 Å². The fourth-order valence-electron chi connectivity index (χ4n) is 2.01. The summed E-state index contributed by atoms with van der Waals surface area (Å²) in [5.74, 6) is -1.27. The molecule has 1 unspecified atom stereocenters. The smallest absolute Gasteiger partial charge is 0.419 e. The van der Waals surface area contributed by atoms with E-state index in [1.54, 1.807) is 6.07 Å². The van der Waals surface area contributed by atoms with Gasteiger partial charge in [-0.05, 0) is 30.3 Å². The number of alkyl halides is 3. The van der Waals surface area contributed by atoms with Crippen LogP contribution in [0.4, 0.5) is 17.6 Å². The van der Waals surface area contributed by atoms with Crippen molar-refractivity contribution >= 4 is 0 Å². The normalized spacial score (nSPS) is 13.4. The second kappa shape index (κ2) is 5.66. The molecule has 0 saturated heterocycles. The molecule has 0 amide bonds. The number of rotatable bonds is 4. The minimum Gasteiger partial charge on any atom is -0.472 e. The molecule has 6 heteroatoms. The summed E-state index contributed by atoms with van der Waals surface area (Å²) in [5.41, 5.74) is -0.241. The molecule has 20 heavy (non-hydrogen) atoms. The van der Waals surface area contributed by atoms with Crippen molar-refractivity contribution in [2.24, 2.45) is 0 Å².